The first-order chi connectivity index (χ1) is 12.7. The maximum absolute atomic E-state index is 12.6. The normalized spacial score (nSPS) is 14.1. The van der Waals surface area contributed by atoms with Gasteiger partial charge in [-0.25, -0.2) is 4.79 Å². The number of fused-ring (bicyclic) bond motifs is 1. The molecule has 0 saturated carbocycles. The molecule has 130 valence electrons. The molecule has 0 aliphatic carbocycles. The molecule has 2 heterocycles. The Morgan fingerprint density at radius 3 is 2.69 bits per heavy atom. The number of pyridine rings is 1. The fraction of sp³-hybridized carbons (Fsp3) is 0.150. The molecule has 6 heteroatoms. The molecule has 1 aliphatic heterocycles. The van der Waals surface area contributed by atoms with Crippen molar-refractivity contribution in [3.05, 3.63) is 66.9 Å². The highest BCUT2D eigenvalue weighted by atomic mass is 16.2. The van der Waals surface area contributed by atoms with E-state index in [4.69, 9.17) is 0 Å². The Labute approximate surface area is 151 Å². The fourth-order valence-electron chi connectivity index (χ4n) is 3.15. The van der Waals surface area contributed by atoms with Gasteiger partial charge in [-0.15, -0.1) is 0 Å². The van der Waals surface area contributed by atoms with Crippen molar-refractivity contribution in [2.45, 2.75) is 0 Å². The Kier molecular flexibility index (Phi) is 4.23. The van der Waals surface area contributed by atoms with E-state index >= 15 is 0 Å². The number of carbonyl (C=O) groups excluding carboxylic acids is 2. The first kappa shape index (κ1) is 16.1. The second-order valence-electron chi connectivity index (χ2n) is 6.12. The molecule has 0 unspecified atom stereocenters. The number of carbonyl (C=O) groups is 2. The number of hydrogen-bond donors (Lipinski definition) is 1. The Morgan fingerprint density at radius 1 is 1.00 bits per heavy atom. The predicted octanol–water partition coefficient (Wildman–Crippen LogP) is 3.12. The summed E-state index contributed by atoms with van der Waals surface area (Å²) in [4.78, 5) is 32.6. The number of para-hydroxylation sites is 1. The lowest BCUT2D eigenvalue weighted by Crippen LogP contribution is -2.37. The summed E-state index contributed by atoms with van der Waals surface area (Å²) in [7, 11) is 0. The van der Waals surface area contributed by atoms with Crippen molar-refractivity contribution >= 4 is 34.2 Å². The van der Waals surface area contributed by atoms with E-state index < -0.39 is 0 Å². The minimum Gasteiger partial charge on any atom is -0.324 e. The number of urea groups is 1. The molecule has 1 N–H and O–H groups in total. The summed E-state index contributed by atoms with van der Waals surface area (Å²) in [6.07, 6.45) is 1.72. The van der Waals surface area contributed by atoms with Crippen LogP contribution in [0.4, 0.5) is 16.2 Å². The third-order valence-electron chi connectivity index (χ3n) is 4.42. The average Bonchev–Trinajstić information content (AvgIpc) is 3.03. The topological polar surface area (TPSA) is 65.5 Å². The summed E-state index contributed by atoms with van der Waals surface area (Å²) in [5.41, 5.74) is 2.37. The highest BCUT2D eigenvalue weighted by molar-refractivity contribution is 6.03. The molecule has 1 saturated heterocycles. The van der Waals surface area contributed by atoms with E-state index in [0.717, 1.165) is 16.6 Å². The highest BCUT2D eigenvalue weighted by Crippen LogP contribution is 2.22. The van der Waals surface area contributed by atoms with Gasteiger partial charge in [-0.2, -0.15) is 0 Å². The van der Waals surface area contributed by atoms with Crippen LogP contribution in [0.15, 0.2) is 66.9 Å². The zero-order valence-electron chi connectivity index (χ0n) is 14.1. The maximum Gasteiger partial charge on any atom is 0.325 e. The maximum atomic E-state index is 12.6. The SMILES string of the molecule is O=C(CN1CCN(c2ccccc2)C1=O)Nc1cccc2ncccc12. The van der Waals surface area contributed by atoms with Crippen molar-refractivity contribution in [1.29, 1.82) is 0 Å². The van der Waals surface area contributed by atoms with E-state index in [1.54, 1.807) is 16.0 Å². The molecule has 3 amide bonds. The highest BCUT2D eigenvalue weighted by Gasteiger charge is 2.30. The predicted molar refractivity (Wildman–Crippen MR) is 101 cm³/mol. The number of benzene rings is 2. The van der Waals surface area contributed by atoms with Gasteiger partial charge in [0.25, 0.3) is 0 Å². The number of aromatic nitrogens is 1. The molecule has 0 spiro atoms. The van der Waals surface area contributed by atoms with E-state index in [1.165, 1.54) is 0 Å². The minimum absolute atomic E-state index is 0.0266. The summed E-state index contributed by atoms with van der Waals surface area (Å²) in [6, 6.07) is 18.7. The zero-order valence-corrected chi connectivity index (χ0v) is 14.1. The van der Waals surface area contributed by atoms with Crippen LogP contribution in [0.1, 0.15) is 0 Å². The zero-order chi connectivity index (χ0) is 17.9. The van der Waals surface area contributed by atoms with Crippen LogP contribution in [0.25, 0.3) is 10.9 Å². The van der Waals surface area contributed by atoms with Crippen LogP contribution in [0, 0.1) is 0 Å². The van der Waals surface area contributed by atoms with E-state index in [2.05, 4.69) is 10.3 Å². The Balaban J connectivity index is 1.45. The number of rotatable bonds is 4. The number of anilines is 2. The third-order valence-corrected chi connectivity index (χ3v) is 4.42. The largest absolute Gasteiger partial charge is 0.325 e. The van der Waals surface area contributed by atoms with Crippen LogP contribution in [0.2, 0.25) is 0 Å². The average molecular weight is 346 g/mol. The van der Waals surface area contributed by atoms with Crippen molar-refractivity contribution in [1.82, 2.24) is 9.88 Å². The summed E-state index contributed by atoms with van der Waals surface area (Å²) in [5.74, 6) is -0.218. The second-order valence-corrected chi connectivity index (χ2v) is 6.12. The van der Waals surface area contributed by atoms with Crippen molar-refractivity contribution in [2.24, 2.45) is 0 Å². The van der Waals surface area contributed by atoms with Gasteiger partial charge in [0, 0.05) is 30.4 Å². The van der Waals surface area contributed by atoms with Crippen molar-refractivity contribution in [3.63, 3.8) is 0 Å². The molecule has 0 radical (unpaired) electrons. The van der Waals surface area contributed by atoms with Gasteiger partial charge >= 0.3 is 6.03 Å². The van der Waals surface area contributed by atoms with E-state index in [-0.39, 0.29) is 18.5 Å². The Morgan fingerprint density at radius 2 is 1.85 bits per heavy atom. The smallest absolute Gasteiger partial charge is 0.324 e. The molecule has 1 fully saturated rings. The molecular formula is C20H18N4O2. The van der Waals surface area contributed by atoms with Crippen LogP contribution in [0.5, 0.6) is 0 Å². The summed E-state index contributed by atoms with van der Waals surface area (Å²) in [6.45, 7) is 1.13. The first-order valence-electron chi connectivity index (χ1n) is 8.47. The van der Waals surface area contributed by atoms with Gasteiger partial charge in [-0.1, -0.05) is 24.3 Å². The van der Waals surface area contributed by atoms with Gasteiger partial charge in [0.15, 0.2) is 0 Å². The molecule has 1 aromatic heterocycles. The lowest BCUT2D eigenvalue weighted by atomic mass is 10.2. The molecule has 0 bridgehead atoms. The van der Waals surface area contributed by atoms with Crippen LogP contribution in [-0.4, -0.2) is 41.5 Å². The fourth-order valence-corrected chi connectivity index (χ4v) is 3.15. The van der Waals surface area contributed by atoms with E-state index in [9.17, 15) is 9.59 Å². The van der Waals surface area contributed by atoms with Crippen LogP contribution in [0.3, 0.4) is 0 Å². The van der Waals surface area contributed by atoms with Gasteiger partial charge in [0.2, 0.25) is 5.91 Å². The minimum atomic E-state index is -0.218. The summed E-state index contributed by atoms with van der Waals surface area (Å²) in [5, 5.41) is 3.77. The summed E-state index contributed by atoms with van der Waals surface area (Å²) < 4.78 is 0. The van der Waals surface area contributed by atoms with Crippen LogP contribution >= 0.6 is 0 Å². The lowest BCUT2D eigenvalue weighted by Gasteiger charge is -2.18. The van der Waals surface area contributed by atoms with Gasteiger partial charge in [0.1, 0.15) is 6.54 Å². The summed E-state index contributed by atoms with van der Waals surface area (Å²) >= 11 is 0. The molecule has 4 rings (SSSR count). The van der Waals surface area contributed by atoms with Crippen molar-refractivity contribution in [2.75, 3.05) is 29.9 Å². The quantitative estimate of drug-likeness (QED) is 0.789. The molecule has 3 aromatic rings. The standard InChI is InChI=1S/C20H18N4O2/c25-19(22-18-10-4-9-17-16(18)8-5-11-21-17)14-23-12-13-24(20(23)26)15-6-2-1-3-7-15/h1-11H,12-14H2,(H,22,25). The van der Waals surface area contributed by atoms with Gasteiger partial charge in [-0.05, 0) is 36.4 Å². The van der Waals surface area contributed by atoms with E-state index in [1.807, 2.05) is 60.7 Å². The molecular weight excluding hydrogens is 328 g/mol. The number of nitrogens with one attached hydrogen (secondary N) is 1. The van der Waals surface area contributed by atoms with Gasteiger partial charge in [-0.3, -0.25) is 14.7 Å². The number of hydrogen-bond acceptors (Lipinski definition) is 3. The number of amides is 3. The Hall–Kier alpha value is -3.41. The van der Waals surface area contributed by atoms with Gasteiger partial charge < -0.3 is 10.2 Å². The monoisotopic (exact) mass is 346 g/mol. The molecule has 6 nitrogen and oxygen atoms in total. The van der Waals surface area contributed by atoms with Crippen LogP contribution in [-0.2, 0) is 4.79 Å². The number of nitrogens with zero attached hydrogens (tertiary/aromatic N) is 3. The molecule has 2 aromatic carbocycles. The van der Waals surface area contributed by atoms with E-state index in [0.29, 0.717) is 18.8 Å². The third kappa shape index (κ3) is 3.09. The molecule has 0 atom stereocenters. The Bertz CT molecular complexity index is 953. The lowest BCUT2D eigenvalue weighted by molar-refractivity contribution is -0.116. The molecule has 1 aliphatic rings. The molecule has 26 heavy (non-hydrogen) atoms. The van der Waals surface area contributed by atoms with Crippen molar-refractivity contribution in [3.8, 4) is 0 Å². The van der Waals surface area contributed by atoms with Crippen molar-refractivity contribution < 1.29 is 9.59 Å². The second kappa shape index (κ2) is 6.84. The van der Waals surface area contributed by atoms with Gasteiger partial charge in [0.05, 0.1) is 11.2 Å². The van der Waals surface area contributed by atoms with Crippen LogP contribution < -0.4 is 10.2 Å². The first-order valence-corrected chi connectivity index (χ1v) is 8.47.